The summed E-state index contributed by atoms with van der Waals surface area (Å²) in [5, 5.41) is 3.84. The molecule has 0 radical (unpaired) electrons. The number of rotatable bonds is 9. The molecule has 1 saturated carbocycles. The van der Waals surface area contributed by atoms with Crippen molar-refractivity contribution in [1.29, 1.82) is 0 Å². The van der Waals surface area contributed by atoms with Crippen molar-refractivity contribution in [3.63, 3.8) is 0 Å². The van der Waals surface area contributed by atoms with Crippen LogP contribution in [0.3, 0.4) is 0 Å². The molecule has 0 aromatic heterocycles. The van der Waals surface area contributed by atoms with Crippen molar-refractivity contribution < 1.29 is 0 Å². The fourth-order valence-electron chi connectivity index (χ4n) is 3.61. The quantitative estimate of drug-likeness (QED) is 0.560. The molecule has 0 bridgehead atoms. The Balaban J connectivity index is 1.77. The van der Waals surface area contributed by atoms with E-state index >= 15 is 0 Å². The van der Waals surface area contributed by atoms with E-state index < -0.39 is 0 Å². The lowest BCUT2D eigenvalue weighted by Crippen LogP contribution is -2.24. The van der Waals surface area contributed by atoms with Gasteiger partial charge in [0.15, 0.2) is 0 Å². The van der Waals surface area contributed by atoms with Gasteiger partial charge in [0.25, 0.3) is 0 Å². The van der Waals surface area contributed by atoms with E-state index in [0.29, 0.717) is 6.04 Å². The molecule has 1 atom stereocenters. The Labute approximate surface area is 131 Å². The molecule has 0 spiro atoms. The van der Waals surface area contributed by atoms with Gasteiger partial charge in [0.2, 0.25) is 0 Å². The van der Waals surface area contributed by atoms with Crippen molar-refractivity contribution in [2.24, 2.45) is 5.92 Å². The minimum Gasteiger partial charge on any atom is -0.310 e. The molecule has 1 aliphatic rings. The van der Waals surface area contributed by atoms with Gasteiger partial charge in [-0.3, -0.25) is 0 Å². The van der Waals surface area contributed by atoms with Gasteiger partial charge in [-0.2, -0.15) is 0 Å². The van der Waals surface area contributed by atoms with Crippen molar-refractivity contribution >= 4 is 0 Å². The van der Waals surface area contributed by atoms with Gasteiger partial charge in [-0.1, -0.05) is 88.6 Å². The molecule has 0 amide bonds. The van der Waals surface area contributed by atoms with Gasteiger partial charge < -0.3 is 5.32 Å². The van der Waals surface area contributed by atoms with Crippen molar-refractivity contribution in [3.8, 4) is 0 Å². The van der Waals surface area contributed by atoms with Crippen LogP contribution in [-0.2, 0) is 0 Å². The molecule has 1 aliphatic carbocycles. The third kappa shape index (κ3) is 6.22. The highest BCUT2D eigenvalue weighted by molar-refractivity contribution is 5.18. The van der Waals surface area contributed by atoms with Gasteiger partial charge in [0.05, 0.1) is 0 Å². The number of nitrogens with one attached hydrogen (secondary N) is 1. The highest BCUT2D eigenvalue weighted by Gasteiger charge is 2.15. The lowest BCUT2D eigenvalue weighted by atomic mass is 9.87. The van der Waals surface area contributed by atoms with Gasteiger partial charge in [-0.15, -0.1) is 0 Å². The zero-order chi connectivity index (χ0) is 14.8. The first kappa shape index (κ1) is 16.5. The van der Waals surface area contributed by atoms with Gasteiger partial charge in [0, 0.05) is 6.04 Å². The minimum absolute atomic E-state index is 0.557. The molecule has 0 aliphatic heterocycles. The molecule has 0 heterocycles. The highest BCUT2D eigenvalue weighted by atomic mass is 14.9. The van der Waals surface area contributed by atoms with Gasteiger partial charge in [0.1, 0.15) is 0 Å². The molecule has 1 N–H and O–H groups in total. The number of hydrogen-bond donors (Lipinski definition) is 1. The monoisotopic (exact) mass is 287 g/mol. The summed E-state index contributed by atoms with van der Waals surface area (Å²) in [4.78, 5) is 0. The Bertz CT molecular complexity index is 353. The van der Waals surface area contributed by atoms with Crippen molar-refractivity contribution in [2.75, 3.05) is 6.54 Å². The molecule has 1 unspecified atom stereocenters. The largest absolute Gasteiger partial charge is 0.310 e. The maximum Gasteiger partial charge on any atom is 0.0320 e. The lowest BCUT2D eigenvalue weighted by Gasteiger charge is -2.24. The fourth-order valence-corrected chi connectivity index (χ4v) is 3.61. The summed E-state index contributed by atoms with van der Waals surface area (Å²) in [5.74, 6) is 0.985. The number of hydrogen-bond acceptors (Lipinski definition) is 1. The second-order valence-corrected chi connectivity index (χ2v) is 6.71. The Morgan fingerprint density at radius 3 is 2.52 bits per heavy atom. The predicted molar refractivity (Wildman–Crippen MR) is 92.5 cm³/mol. The van der Waals surface area contributed by atoms with Crippen LogP contribution in [0.25, 0.3) is 0 Å². The average Bonchev–Trinajstić information content (AvgIpc) is 2.55. The molecule has 2 rings (SSSR count). The predicted octanol–water partition coefficient (Wildman–Crippen LogP) is 5.87. The second-order valence-electron chi connectivity index (χ2n) is 6.71. The van der Waals surface area contributed by atoms with Crippen LogP contribution in [0.4, 0.5) is 0 Å². The maximum absolute atomic E-state index is 3.84. The van der Waals surface area contributed by atoms with Crippen LogP contribution in [0.15, 0.2) is 30.3 Å². The van der Waals surface area contributed by atoms with Gasteiger partial charge in [-0.25, -0.2) is 0 Å². The van der Waals surface area contributed by atoms with Crippen LogP contribution >= 0.6 is 0 Å². The van der Waals surface area contributed by atoms with Crippen LogP contribution < -0.4 is 5.32 Å². The van der Waals surface area contributed by atoms with Crippen molar-refractivity contribution in [2.45, 2.75) is 77.2 Å². The van der Waals surface area contributed by atoms with Crippen molar-refractivity contribution in [3.05, 3.63) is 35.9 Å². The topological polar surface area (TPSA) is 12.0 Å². The first-order valence-corrected chi connectivity index (χ1v) is 9.18. The van der Waals surface area contributed by atoms with E-state index in [1.165, 1.54) is 76.3 Å². The highest BCUT2D eigenvalue weighted by Crippen LogP contribution is 2.26. The Morgan fingerprint density at radius 2 is 1.81 bits per heavy atom. The standard InChI is InChI=1S/C20H33N/c1-2-3-6-15-20(19-13-9-5-10-14-19)21-17-16-18-11-7-4-8-12-18/h5,9-10,13-14,18,20-21H,2-4,6-8,11-12,15-17H2,1H3. The molecule has 1 heteroatoms. The zero-order valence-electron chi connectivity index (χ0n) is 13.8. The van der Waals surface area contributed by atoms with E-state index in [1.54, 1.807) is 0 Å². The minimum atomic E-state index is 0.557. The molecule has 118 valence electrons. The third-order valence-electron chi connectivity index (χ3n) is 4.97. The second kappa shape index (κ2) is 10.00. The summed E-state index contributed by atoms with van der Waals surface area (Å²) < 4.78 is 0. The van der Waals surface area contributed by atoms with E-state index in [1.807, 2.05) is 0 Å². The lowest BCUT2D eigenvalue weighted by molar-refractivity contribution is 0.325. The van der Waals surface area contributed by atoms with Crippen molar-refractivity contribution in [1.82, 2.24) is 5.32 Å². The molecule has 1 aromatic carbocycles. The molecular weight excluding hydrogens is 254 g/mol. The number of benzene rings is 1. The summed E-state index contributed by atoms with van der Waals surface area (Å²) in [6.07, 6.45) is 14.0. The molecule has 1 nitrogen and oxygen atoms in total. The SMILES string of the molecule is CCCCCC(NCCC1CCCCC1)c1ccccc1. The van der Waals surface area contributed by atoms with Crippen LogP contribution in [0.2, 0.25) is 0 Å². The summed E-state index contributed by atoms with van der Waals surface area (Å²) in [6, 6.07) is 11.6. The van der Waals surface area contributed by atoms with E-state index in [-0.39, 0.29) is 0 Å². The molecular formula is C20H33N. The summed E-state index contributed by atoms with van der Waals surface area (Å²) in [6.45, 7) is 3.48. The average molecular weight is 287 g/mol. The fraction of sp³-hybridized carbons (Fsp3) is 0.700. The van der Waals surface area contributed by atoms with E-state index in [0.717, 1.165) is 5.92 Å². The van der Waals surface area contributed by atoms with Crippen LogP contribution in [0.1, 0.15) is 82.7 Å². The molecule has 0 saturated heterocycles. The third-order valence-corrected chi connectivity index (χ3v) is 4.97. The van der Waals surface area contributed by atoms with Crippen LogP contribution in [-0.4, -0.2) is 6.54 Å². The molecule has 1 fully saturated rings. The normalized spacial score (nSPS) is 17.8. The Morgan fingerprint density at radius 1 is 1.05 bits per heavy atom. The van der Waals surface area contributed by atoms with Crippen LogP contribution in [0.5, 0.6) is 0 Å². The maximum atomic E-state index is 3.84. The molecule has 1 aromatic rings. The summed E-state index contributed by atoms with van der Waals surface area (Å²) in [5.41, 5.74) is 1.47. The molecule has 21 heavy (non-hydrogen) atoms. The first-order valence-electron chi connectivity index (χ1n) is 9.18. The van der Waals surface area contributed by atoms with E-state index in [2.05, 4.69) is 42.6 Å². The van der Waals surface area contributed by atoms with Gasteiger partial charge in [-0.05, 0) is 30.9 Å². The van der Waals surface area contributed by atoms with Crippen LogP contribution in [0, 0.1) is 5.92 Å². The Hall–Kier alpha value is -0.820. The van der Waals surface area contributed by atoms with Gasteiger partial charge >= 0.3 is 0 Å². The van der Waals surface area contributed by atoms with E-state index in [4.69, 9.17) is 0 Å². The first-order chi connectivity index (χ1) is 10.4. The number of unbranched alkanes of at least 4 members (excludes halogenated alkanes) is 2. The smallest absolute Gasteiger partial charge is 0.0320 e. The summed E-state index contributed by atoms with van der Waals surface area (Å²) in [7, 11) is 0. The summed E-state index contributed by atoms with van der Waals surface area (Å²) >= 11 is 0. The van der Waals surface area contributed by atoms with E-state index in [9.17, 15) is 0 Å². The zero-order valence-corrected chi connectivity index (χ0v) is 13.8. The Kier molecular flexibility index (Phi) is 7.88.